The van der Waals surface area contributed by atoms with Gasteiger partial charge in [-0.25, -0.2) is 4.98 Å². The van der Waals surface area contributed by atoms with Crippen LogP contribution >= 0.6 is 31.9 Å². The molecule has 4 aromatic rings. The molecule has 5 heteroatoms. The van der Waals surface area contributed by atoms with Crippen LogP contribution in [0.3, 0.4) is 0 Å². The molecule has 0 amide bonds. The van der Waals surface area contributed by atoms with E-state index in [0.29, 0.717) is 11.4 Å². The zero-order chi connectivity index (χ0) is 15.7. The van der Waals surface area contributed by atoms with Crippen molar-refractivity contribution < 1.29 is 4.79 Å². The van der Waals surface area contributed by atoms with Crippen molar-refractivity contribution in [1.82, 2.24) is 9.55 Å². The van der Waals surface area contributed by atoms with Gasteiger partial charge >= 0.3 is 0 Å². The molecule has 3 aromatic carbocycles. The Kier molecular flexibility index (Phi) is 2.65. The third-order valence-corrected chi connectivity index (χ3v) is 5.55. The Balaban J connectivity index is 1.94. The molecule has 0 spiro atoms. The third kappa shape index (κ3) is 1.69. The number of hydrogen-bond donors (Lipinski definition) is 0. The van der Waals surface area contributed by atoms with Crippen LogP contribution in [0.15, 0.2) is 57.5 Å². The molecule has 0 unspecified atom stereocenters. The lowest BCUT2D eigenvalue weighted by Gasteiger charge is -2.03. The van der Waals surface area contributed by atoms with Crippen molar-refractivity contribution in [2.24, 2.45) is 0 Å². The number of halogens is 2. The quantitative estimate of drug-likeness (QED) is 0.332. The van der Waals surface area contributed by atoms with E-state index in [1.54, 1.807) is 4.57 Å². The van der Waals surface area contributed by atoms with E-state index in [-0.39, 0.29) is 5.91 Å². The number of benzene rings is 3. The normalized spacial score (nSPS) is 12.9. The first-order valence-electron chi connectivity index (χ1n) is 7.09. The Morgan fingerprint density at radius 3 is 2.26 bits per heavy atom. The smallest absolute Gasteiger partial charge is 0.264 e. The first kappa shape index (κ1) is 13.5. The summed E-state index contributed by atoms with van der Waals surface area (Å²) in [5, 5.41) is 2.17. The van der Waals surface area contributed by atoms with Crippen LogP contribution in [0.25, 0.3) is 33.2 Å². The minimum atomic E-state index is -0.0259. The predicted molar refractivity (Wildman–Crippen MR) is 97.8 cm³/mol. The van der Waals surface area contributed by atoms with Gasteiger partial charge in [0.2, 0.25) is 0 Å². The van der Waals surface area contributed by atoms with Gasteiger partial charge < -0.3 is 0 Å². The largest absolute Gasteiger partial charge is 0.268 e. The van der Waals surface area contributed by atoms with E-state index < -0.39 is 0 Å². The number of aromatic nitrogens is 2. The number of carbonyl (C=O) groups is 1. The Morgan fingerprint density at radius 1 is 0.870 bits per heavy atom. The molecule has 23 heavy (non-hydrogen) atoms. The zero-order valence-electron chi connectivity index (χ0n) is 11.7. The van der Waals surface area contributed by atoms with Gasteiger partial charge in [0.25, 0.3) is 5.91 Å². The van der Waals surface area contributed by atoms with Crippen LogP contribution in [0.2, 0.25) is 0 Å². The molecule has 0 saturated carbocycles. The second kappa shape index (κ2) is 4.52. The van der Waals surface area contributed by atoms with E-state index in [9.17, 15) is 4.79 Å². The summed E-state index contributed by atoms with van der Waals surface area (Å²) >= 11 is 7.07. The van der Waals surface area contributed by atoms with E-state index in [1.165, 1.54) is 0 Å². The summed E-state index contributed by atoms with van der Waals surface area (Å²) in [5.41, 5.74) is 3.20. The maximum absolute atomic E-state index is 13.0. The molecule has 0 aliphatic carbocycles. The van der Waals surface area contributed by atoms with Gasteiger partial charge in [0, 0.05) is 14.5 Å². The maximum atomic E-state index is 13.0. The highest BCUT2D eigenvalue weighted by molar-refractivity contribution is 9.11. The van der Waals surface area contributed by atoms with E-state index in [4.69, 9.17) is 4.98 Å². The summed E-state index contributed by atoms with van der Waals surface area (Å²) < 4.78 is 3.45. The summed E-state index contributed by atoms with van der Waals surface area (Å²) in [6.07, 6.45) is 0. The van der Waals surface area contributed by atoms with Gasteiger partial charge in [-0.05, 0) is 66.9 Å². The van der Waals surface area contributed by atoms with Gasteiger partial charge in [-0.15, -0.1) is 0 Å². The molecule has 0 radical (unpaired) electrons. The summed E-state index contributed by atoms with van der Waals surface area (Å²) in [7, 11) is 0. The van der Waals surface area contributed by atoms with Gasteiger partial charge in [0.1, 0.15) is 11.3 Å². The molecule has 0 saturated heterocycles. The number of imidazole rings is 1. The Morgan fingerprint density at radius 2 is 1.52 bits per heavy atom. The maximum Gasteiger partial charge on any atom is 0.264 e. The van der Waals surface area contributed by atoms with E-state index in [1.807, 2.05) is 36.4 Å². The second-order valence-corrected chi connectivity index (χ2v) is 7.26. The molecule has 3 nitrogen and oxygen atoms in total. The number of carbonyl (C=O) groups excluding carboxylic acids is 1. The molecule has 1 aromatic heterocycles. The van der Waals surface area contributed by atoms with Crippen molar-refractivity contribution in [2.45, 2.75) is 0 Å². The van der Waals surface area contributed by atoms with Crippen molar-refractivity contribution in [3.05, 3.63) is 63.0 Å². The summed E-state index contributed by atoms with van der Waals surface area (Å²) in [5.74, 6) is 0.681. The van der Waals surface area contributed by atoms with Crippen LogP contribution in [0.1, 0.15) is 10.4 Å². The molecule has 2 heterocycles. The average molecular weight is 428 g/mol. The van der Waals surface area contributed by atoms with Crippen molar-refractivity contribution in [3.63, 3.8) is 0 Å². The van der Waals surface area contributed by atoms with Gasteiger partial charge in [-0.1, -0.05) is 24.3 Å². The minimum Gasteiger partial charge on any atom is -0.268 e. The Hall–Kier alpha value is -1.98. The molecule has 1 aliphatic rings. The molecule has 5 rings (SSSR count). The van der Waals surface area contributed by atoms with Crippen molar-refractivity contribution in [2.75, 3.05) is 0 Å². The van der Waals surface area contributed by atoms with E-state index in [2.05, 4.69) is 44.0 Å². The summed E-state index contributed by atoms with van der Waals surface area (Å²) in [6, 6.07) is 15.9. The second-order valence-electron chi connectivity index (χ2n) is 5.55. The highest BCUT2D eigenvalue weighted by Gasteiger charge is 2.31. The summed E-state index contributed by atoms with van der Waals surface area (Å²) in [6.45, 7) is 0. The molecule has 0 fully saturated rings. The monoisotopic (exact) mass is 426 g/mol. The number of hydrogen-bond acceptors (Lipinski definition) is 2. The summed E-state index contributed by atoms with van der Waals surface area (Å²) in [4.78, 5) is 17.7. The lowest BCUT2D eigenvalue weighted by atomic mass is 10.0. The number of nitrogens with zero attached hydrogens (tertiary/aromatic N) is 2. The fourth-order valence-electron chi connectivity index (χ4n) is 3.21. The van der Waals surface area contributed by atoms with Crippen molar-refractivity contribution in [1.29, 1.82) is 0 Å². The highest BCUT2D eigenvalue weighted by atomic mass is 79.9. The molecule has 0 N–H and O–H groups in total. The van der Waals surface area contributed by atoms with E-state index in [0.717, 1.165) is 36.3 Å². The highest BCUT2D eigenvalue weighted by Crippen LogP contribution is 2.40. The molecule has 1 aliphatic heterocycles. The molecule has 0 atom stereocenters. The minimum absolute atomic E-state index is 0.0259. The van der Waals surface area contributed by atoms with Crippen LogP contribution < -0.4 is 0 Å². The van der Waals surface area contributed by atoms with Crippen molar-refractivity contribution in [3.8, 4) is 11.4 Å². The lowest BCUT2D eigenvalue weighted by Crippen LogP contribution is -2.06. The standard InChI is InChI=1S/C18H8Br2N2O/c19-13-5-6-14(20)16-15(13)21-17-11-7-9-3-1-2-4-10(9)8-12(11)18(23)22(16)17/h1-8H. The number of fused-ring (bicyclic) bond motifs is 6. The van der Waals surface area contributed by atoms with E-state index >= 15 is 0 Å². The van der Waals surface area contributed by atoms with Crippen LogP contribution in [0.5, 0.6) is 0 Å². The van der Waals surface area contributed by atoms with Gasteiger partial charge in [-0.3, -0.25) is 9.36 Å². The van der Waals surface area contributed by atoms with Crippen LogP contribution in [0, 0.1) is 0 Å². The fourth-order valence-corrected chi connectivity index (χ4v) is 4.12. The molecule has 110 valence electrons. The van der Waals surface area contributed by atoms with Gasteiger partial charge in [-0.2, -0.15) is 0 Å². The Bertz CT molecular complexity index is 1160. The first-order chi connectivity index (χ1) is 11.1. The molecular weight excluding hydrogens is 420 g/mol. The first-order valence-corrected chi connectivity index (χ1v) is 8.68. The lowest BCUT2D eigenvalue weighted by molar-refractivity contribution is 0.0973. The van der Waals surface area contributed by atoms with Crippen molar-refractivity contribution >= 4 is 59.6 Å². The van der Waals surface area contributed by atoms with Crippen LogP contribution in [-0.2, 0) is 0 Å². The fraction of sp³-hybridized carbons (Fsp3) is 0. The van der Waals surface area contributed by atoms with Crippen LogP contribution in [-0.4, -0.2) is 15.5 Å². The third-order valence-electron chi connectivity index (χ3n) is 4.27. The zero-order valence-corrected chi connectivity index (χ0v) is 14.8. The van der Waals surface area contributed by atoms with Gasteiger partial charge in [0.05, 0.1) is 11.1 Å². The molecule has 0 bridgehead atoms. The SMILES string of the molecule is O=C1c2cc3ccccc3cc2-c2nc3c(Br)ccc(Br)c3n21. The topological polar surface area (TPSA) is 34.9 Å². The average Bonchev–Trinajstić information content (AvgIpc) is 3.08. The van der Waals surface area contributed by atoms with Gasteiger partial charge in [0.15, 0.2) is 0 Å². The molecular formula is C18H8Br2N2O. The van der Waals surface area contributed by atoms with Crippen LogP contribution in [0.4, 0.5) is 0 Å². The predicted octanol–water partition coefficient (Wildman–Crippen LogP) is 5.38. The number of rotatable bonds is 0. The Labute approximate surface area is 148 Å².